The lowest BCUT2D eigenvalue weighted by Crippen LogP contribution is -2.32. The number of rotatable bonds is 5. The Bertz CT molecular complexity index is 1300. The summed E-state index contributed by atoms with van der Waals surface area (Å²) in [7, 11) is 1.86. The molecule has 0 saturated carbocycles. The zero-order chi connectivity index (χ0) is 22.1. The molecule has 4 aromatic rings. The summed E-state index contributed by atoms with van der Waals surface area (Å²) in [5.41, 5.74) is 2.87. The summed E-state index contributed by atoms with van der Waals surface area (Å²) in [5.74, 6) is 0.779. The molecule has 0 N–H and O–H groups in total. The van der Waals surface area contributed by atoms with Crippen LogP contribution in [0.4, 0.5) is 11.4 Å². The minimum absolute atomic E-state index is 0.0128. The van der Waals surface area contributed by atoms with Gasteiger partial charge in [-0.05, 0) is 24.3 Å². The number of nitro groups is 2. The molecule has 0 saturated heterocycles. The van der Waals surface area contributed by atoms with Gasteiger partial charge in [0.05, 0.1) is 22.5 Å². The van der Waals surface area contributed by atoms with Crippen LogP contribution < -0.4 is 4.57 Å². The monoisotopic (exact) mass is 433 g/mol. The van der Waals surface area contributed by atoms with Crippen molar-refractivity contribution in [1.29, 1.82) is 0 Å². The molecule has 0 atom stereocenters. The molecule has 0 spiro atoms. The second-order valence-electron chi connectivity index (χ2n) is 6.84. The summed E-state index contributed by atoms with van der Waals surface area (Å²) >= 11 is 4.77. The van der Waals surface area contributed by atoms with Gasteiger partial charge in [-0.25, -0.2) is 4.57 Å². The van der Waals surface area contributed by atoms with Crippen LogP contribution in [-0.2, 0) is 7.05 Å². The highest BCUT2D eigenvalue weighted by Crippen LogP contribution is 2.34. The Kier molecular flexibility index (Phi) is 5.26. The van der Waals surface area contributed by atoms with Gasteiger partial charge < -0.3 is 0 Å². The van der Waals surface area contributed by atoms with Crippen molar-refractivity contribution >= 4 is 24.0 Å². The van der Waals surface area contributed by atoms with Crippen LogP contribution in [-0.4, -0.2) is 14.4 Å². The van der Waals surface area contributed by atoms with Crippen molar-refractivity contribution in [3.05, 3.63) is 99.1 Å². The van der Waals surface area contributed by atoms with Gasteiger partial charge in [0.2, 0.25) is 5.03 Å². The van der Waals surface area contributed by atoms with E-state index in [1.807, 2.05) is 46.5 Å². The number of nitrogens with zero attached hydrogens (tertiary/aromatic N) is 4. The fourth-order valence-electron chi connectivity index (χ4n) is 3.58. The van der Waals surface area contributed by atoms with E-state index in [2.05, 4.69) is 0 Å². The highest BCUT2D eigenvalue weighted by atomic mass is 32.1. The lowest BCUT2D eigenvalue weighted by atomic mass is 10.1. The van der Waals surface area contributed by atoms with E-state index in [1.54, 1.807) is 24.3 Å². The van der Waals surface area contributed by atoms with E-state index in [0.717, 1.165) is 11.4 Å². The lowest BCUT2D eigenvalue weighted by Gasteiger charge is -2.03. The largest absolute Gasteiger partial charge is 0.295 e. The fourth-order valence-corrected chi connectivity index (χ4v) is 4.07. The minimum atomic E-state index is -0.451. The highest BCUT2D eigenvalue weighted by molar-refractivity contribution is 7.80. The molecule has 0 unspecified atom stereocenters. The molecule has 0 aliphatic carbocycles. The maximum atomic E-state index is 11.3. The Morgan fingerprint density at radius 1 is 0.806 bits per heavy atom. The molecule has 4 rings (SSSR count). The average molecular weight is 433 g/mol. The van der Waals surface area contributed by atoms with Crippen LogP contribution in [0.25, 0.3) is 28.3 Å². The first-order valence-electron chi connectivity index (χ1n) is 9.27. The van der Waals surface area contributed by atoms with E-state index in [0.29, 0.717) is 22.0 Å². The van der Waals surface area contributed by atoms with Crippen LogP contribution in [0, 0.1) is 20.2 Å². The van der Waals surface area contributed by atoms with Gasteiger partial charge in [-0.1, -0.05) is 43.0 Å². The number of aromatic nitrogens is 2. The number of non-ortho nitro benzene ring substituents is 2. The SMILES string of the molecule is C[n+]1c(-c2cccc([N+](=O)[O-])c2)c(S)n(-c2ccc([N+](=O)[O-])cc2)c1-c1ccccc1. The summed E-state index contributed by atoms with van der Waals surface area (Å²) in [4.78, 5) is 21.4. The van der Waals surface area contributed by atoms with Gasteiger partial charge in [0.25, 0.3) is 17.2 Å². The molecule has 1 heterocycles. The molecule has 1 aromatic heterocycles. The topological polar surface area (TPSA) is 95.1 Å². The molecule has 154 valence electrons. The fraction of sp³-hybridized carbons (Fsp3) is 0.0455. The van der Waals surface area contributed by atoms with Crippen LogP contribution >= 0.6 is 12.6 Å². The zero-order valence-electron chi connectivity index (χ0n) is 16.4. The molecule has 0 bridgehead atoms. The first-order valence-corrected chi connectivity index (χ1v) is 9.72. The second-order valence-corrected chi connectivity index (χ2v) is 7.26. The summed E-state index contributed by atoms with van der Waals surface area (Å²) in [6.07, 6.45) is 0. The van der Waals surface area contributed by atoms with E-state index >= 15 is 0 Å². The van der Waals surface area contributed by atoms with Crippen molar-refractivity contribution in [2.75, 3.05) is 0 Å². The van der Waals surface area contributed by atoms with Crippen LogP contribution in [0.3, 0.4) is 0 Å². The molecule has 0 aliphatic heterocycles. The van der Waals surface area contributed by atoms with Crippen LogP contribution in [0.15, 0.2) is 83.9 Å². The number of benzene rings is 3. The molecule has 31 heavy (non-hydrogen) atoms. The number of hydrogen-bond donors (Lipinski definition) is 1. The first kappa shape index (κ1) is 20.3. The van der Waals surface area contributed by atoms with E-state index in [9.17, 15) is 20.2 Å². The highest BCUT2D eigenvalue weighted by Gasteiger charge is 2.31. The van der Waals surface area contributed by atoms with Gasteiger partial charge >= 0.3 is 0 Å². The molecule has 0 amide bonds. The summed E-state index contributed by atoms with van der Waals surface area (Å²) in [6.45, 7) is 0. The van der Waals surface area contributed by atoms with E-state index in [-0.39, 0.29) is 11.4 Å². The Labute approximate surface area is 182 Å². The summed E-state index contributed by atoms with van der Waals surface area (Å²) in [6, 6.07) is 22.2. The lowest BCUT2D eigenvalue weighted by molar-refractivity contribution is -0.649. The minimum Gasteiger partial charge on any atom is -0.258 e. The van der Waals surface area contributed by atoms with E-state index in [4.69, 9.17) is 12.6 Å². The van der Waals surface area contributed by atoms with Crippen molar-refractivity contribution < 1.29 is 14.4 Å². The normalized spacial score (nSPS) is 10.8. The van der Waals surface area contributed by atoms with Gasteiger partial charge in [-0.3, -0.25) is 20.2 Å². The number of thiol groups is 1. The number of nitro benzene ring substituents is 2. The van der Waals surface area contributed by atoms with Crippen LogP contribution in [0.1, 0.15) is 0 Å². The molecule has 0 aliphatic rings. The third-order valence-electron chi connectivity index (χ3n) is 4.97. The molecular weight excluding hydrogens is 416 g/mol. The molecule has 8 nitrogen and oxygen atoms in total. The zero-order valence-corrected chi connectivity index (χ0v) is 17.3. The van der Waals surface area contributed by atoms with Crippen molar-refractivity contribution in [2.24, 2.45) is 7.05 Å². The third-order valence-corrected chi connectivity index (χ3v) is 5.38. The molecule has 3 aromatic carbocycles. The van der Waals surface area contributed by atoms with Crippen molar-refractivity contribution in [3.8, 4) is 28.3 Å². The van der Waals surface area contributed by atoms with Gasteiger partial charge in [0.15, 0.2) is 5.69 Å². The van der Waals surface area contributed by atoms with E-state index < -0.39 is 9.85 Å². The van der Waals surface area contributed by atoms with Gasteiger partial charge in [-0.15, -0.1) is 0 Å². The van der Waals surface area contributed by atoms with Crippen molar-refractivity contribution in [1.82, 2.24) is 4.57 Å². The Morgan fingerprint density at radius 3 is 2.03 bits per heavy atom. The predicted octanol–water partition coefficient (Wildman–Crippen LogP) is 4.74. The standard InChI is InChI=1S/C22H16N4O4S/c1-23-20(16-8-5-9-19(14-16)26(29)30)22(31)24(21(23)15-6-3-2-4-7-15)17-10-12-18(13-11-17)25(27)28/h2-14H,1H3/p+1. The van der Waals surface area contributed by atoms with Crippen molar-refractivity contribution in [2.45, 2.75) is 5.03 Å². The third kappa shape index (κ3) is 3.66. The maximum absolute atomic E-state index is 11.3. The maximum Gasteiger partial charge on any atom is 0.295 e. The molecule has 0 fully saturated rings. The van der Waals surface area contributed by atoms with Gasteiger partial charge in [0, 0.05) is 29.8 Å². The van der Waals surface area contributed by atoms with Gasteiger partial charge in [0.1, 0.15) is 5.69 Å². The second kappa shape index (κ2) is 8.04. The van der Waals surface area contributed by atoms with Crippen molar-refractivity contribution in [3.63, 3.8) is 0 Å². The Balaban J connectivity index is 2.00. The molecule has 9 heteroatoms. The van der Waals surface area contributed by atoms with Crippen LogP contribution in [0.2, 0.25) is 0 Å². The quantitative estimate of drug-likeness (QED) is 0.213. The van der Waals surface area contributed by atoms with Gasteiger partial charge in [-0.2, -0.15) is 4.57 Å². The Morgan fingerprint density at radius 2 is 1.42 bits per heavy atom. The smallest absolute Gasteiger partial charge is 0.258 e. The molecular formula is C22H17N4O4S+. The summed E-state index contributed by atoms with van der Waals surface area (Å²) < 4.78 is 3.79. The first-order chi connectivity index (χ1) is 14.9. The van der Waals surface area contributed by atoms with Crippen LogP contribution in [0.5, 0.6) is 0 Å². The average Bonchev–Trinajstić information content (AvgIpc) is 3.04. The summed E-state index contributed by atoms with van der Waals surface area (Å²) in [5, 5.41) is 22.9. The predicted molar refractivity (Wildman–Crippen MR) is 118 cm³/mol. The Hall–Kier alpha value is -3.98. The number of hydrogen-bond acceptors (Lipinski definition) is 5. The molecule has 0 radical (unpaired) electrons. The van der Waals surface area contributed by atoms with E-state index in [1.165, 1.54) is 24.3 Å². The number of imidazole rings is 1.